The molecule has 5 heteroatoms. The molecule has 0 aromatic carbocycles. The summed E-state index contributed by atoms with van der Waals surface area (Å²) in [6.07, 6.45) is 0.622. The molecular formula is C12H21NO4. The van der Waals surface area contributed by atoms with E-state index in [1.807, 2.05) is 14.1 Å². The maximum atomic E-state index is 11.1. The second-order valence-corrected chi connectivity index (χ2v) is 4.77. The van der Waals surface area contributed by atoms with E-state index in [4.69, 9.17) is 4.74 Å². The van der Waals surface area contributed by atoms with Gasteiger partial charge in [-0.2, -0.15) is 0 Å². The first kappa shape index (κ1) is 15.6. The van der Waals surface area contributed by atoms with E-state index in [2.05, 4.69) is 6.58 Å². The number of carbonyl (C=O) groups excluding carboxylic acids is 2. The molecule has 0 saturated heterocycles. The molecule has 0 atom stereocenters. The van der Waals surface area contributed by atoms with Crippen molar-refractivity contribution < 1.29 is 23.9 Å². The lowest BCUT2D eigenvalue weighted by Crippen LogP contribution is -2.43. The van der Waals surface area contributed by atoms with Crippen molar-refractivity contribution in [3.05, 3.63) is 12.2 Å². The first-order valence-electron chi connectivity index (χ1n) is 5.59. The van der Waals surface area contributed by atoms with E-state index >= 15 is 0 Å². The molecule has 0 saturated carbocycles. The molecule has 0 aromatic rings. The van der Waals surface area contributed by atoms with Crippen LogP contribution < -0.4 is 5.11 Å². The number of quaternary nitrogens is 1. The van der Waals surface area contributed by atoms with Gasteiger partial charge in [-0.25, -0.2) is 4.79 Å². The highest BCUT2D eigenvalue weighted by atomic mass is 16.5. The molecule has 0 aliphatic rings. The highest BCUT2D eigenvalue weighted by molar-refractivity contribution is 5.86. The standard InChI is InChI=1S/C12H21NO4/c1-10(2)12(16)17-9-8-13(3,4)7-5-6-11(14)15/h1,5-9H2,2-4H3. The van der Waals surface area contributed by atoms with E-state index in [1.165, 1.54) is 0 Å². The average molecular weight is 243 g/mol. The van der Waals surface area contributed by atoms with Crippen LogP contribution >= 0.6 is 0 Å². The number of hydrogen-bond donors (Lipinski definition) is 0. The van der Waals surface area contributed by atoms with Crippen LogP contribution in [0.5, 0.6) is 0 Å². The van der Waals surface area contributed by atoms with Crippen LogP contribution in [-0.4, -0.2) is 50.2 Å². The van der Waals surface area contributed by atoms with Crippen LogP contribution in [0, 0.1) is 0 Å². The Morgan fingerprint density at radius 3 is 2.35 bits per heavy atom. The molecule has 0 bridgehead atoms. The average Bonchev–Trinajstić information content (AvgIpc) is 2.15. The quantitative estimate of drug-likeness (QED) is 0.334. The number of nitrogens with zero attached hydrogens (tertiary/aromatic N) is 1. The van der Waals surface area contributed by atoms with Crippen molar-refractivity contribution in [2.75, 3.05) is 33.8 Å². The number of hydrogen-bond acceptors (Lipinski definition) is 4. The summed E-state index contributed by atoms with van der Waals surface area (Å²) in [6.45, 7) is 6.75. The van der Waals surface area contributed by atoms with E-state index in [0.29, 0.717) is 36.2 Å². The van der Waals surface area contributed by atoms with Crippen LogP contribution in [0.4, 0.5) is 0 Å². The van der Waals surface area contributed by atoms with Crippen molar-refractivity contribution in [2.45, 2.75) is 19.8 Å². The maximum Gasteiger partial charge on any atom is 0.333 e. The number of likely N-dealkylation sites (N-methyl/N-ethyl adjacent to an activating group) is 1. The topological polar surface area (TPSA) is 66.4 Å². The lowest BCUT2D eigenvalue weighted by atomic mass is 10.3. The fraction of sp³-hybridized carbons (Fsp3) is 0.667. The van der Waals surface area contributed by atoms with Crippen molar-refractivity contribution >= 4 is 11.9 Å². The molecule has 0 fully saturated rings. The summed E-state index contributed by atoms with van der Waals surface area (Å²) >= 11 is 0. The SMILES string of the molecule is C=C(C)C(=O)OCC[N+](C)(C)CCCC(=O)[O-]. The van der Waals surface area contributed by atoms with Gasteiger partial charge < -0.3 is 19.1 Å². The van der Waals surface area contributed by atoms with E-state index < -0.39 is 5.97 Å². The van der Waals surface area contributed by atoms with Crippen molar-refractivity contribution in [2.24, 2.45) is 0 Å². The zero-order valence-electron chi connectivity index (χ0n) is 10.8. The molecule has 0 spiro atoms. The maximum absolute atomic E-state index is 11.1. The van der Waals surface area contributed by atoms with Crippen molar-refractivity contribution in [3.63, 3.8) is 0 Å². The number of ether oxygens (including phenoxy) is 1. The van der Waals surface area contributed by atoms with Gasteiger partial charge in [-0.3, -0.25) is 0 Å². The lowest BCUT2D eigenvalue weighted by molar-refractivity contribution is -0.890. The summed E-state index contributed by atoms with van der Waals surface area (Å²) < 4.78 is 5.59. The van der Waals surface area contributed by atoms with Gasteiger partial charge in [-0.15, -0.1) is 0 Å². The lowest BCUT2D eigenvalue weighted by Gasteiger charge is -2.29. The largest absolute Gasteiger partial charge is 0.550 e. The zero-order chi connectivity index (χ0) is 13.5. The van der Waals surface area contributed by atoms with Gasteiger partial charge in [0, 0.05) is 18.0 Å². The van der Waals surface area contributed by atoms with Crippen molar-refractivity contribution in [1.29, 1.82) is 0 Å². The molecular weight excluding hydrogens is 222 g/mol. The Kier molecular flexibility index (Phi) is 6.50. The molecule has 0 aromatic heterocycles. The minimum absolute atomic E-state index is 0.0627. The van der Waals surface area contributed by atoms with Crippen LogP contribution in [0.15, 0.2) is 12.2 Å². The smallest absolute Gasteiger partial charge is 0.333 e. The number of esters is 1. The number of aliphatic carboxylic acids is 1. The molecule has 0 aliphatic heterocycles. The molecule has 5 nitrogen and oxygen atoms in total. The van der Waals surface area contributed by atoms with Crippen LogP contribution in [0.25, 0.3) is 0 Å². The normalized spacial score (nSPS) is 11.0. The Morgan fingerprint density at radius 2 is 1.88 bits per heavy atom. The van der Waals surface area contributed by atoms with Gasteiger partial charge in [-0.05, 0) is 13.3 Å². The van der Waals surface area contributed by atoms with Crippen LogP contribution in [0.3, 0.4) is 0 Å². The van der Waals surface area contributed by atoms with Crippen molar-refractivity contribution in [1.82, 2.24) is 0 Å². The summed E-state index contributed by atoms with van der Waals surface area (Å²) in [6, 6.07) is 0. The molecule has 17 heavy (non-hydrogen) atoms. The summed E-state index contributed by atoms with van der Waals surface area (Å²) in [5.41, 5.74) is 0.382. The number of carboxylic acids is 1. The number of rotatable bonds is 8. The Bertz CT molecular complexity index is 297. The van der Waals surface area contributed by atoms with Gasteiger partial charge in [0.05, 0.1) is 20.6 Å². The minimum atomic E-state index is -1.03. The Labute approximate surface area is 102 Å². The predicted molar refractivity (Wildman–Crippen MR) is 61.9 cm³/mol. The molecule has 0 aliphatic carbocycles. The van der Waals surface area contributed by atoms with E-state index in [9.17, 15) is 14.7 Å². The molecule has 0 radical (unpaired) electrons. The van der Waals surface area contributed by atoms with Crippen LogP contribution in [-0.2, 0) is 14.3 Å². The van der Waals surface area contributed by atoms with E-state index in [-0.39, 0.29) is 12.4 Å². The Balaban J connectivity index is 3.81. The zero-order valence-corrected chi connectivity index (χ0v) is 10.8. The minimum Gasteiger partial charge on any atom is -0.550 e. The van der Waals surface area contributed by atoms with Gasteiger partial charge in [0.15, 0.2) is 0 Å². The van der Waals surface area contributed by atoms with Gasteiger partial charge in [0.25, 0.3) is 0 Å². The Hall–Kier alpha value is -1.36. The van der Waals surface area contributed by atoms with Gasteiger partial charge >= 0.3 is 5.97 Å². The van der Waals surface area contributed by atoms with Crippen LogP contribution in [0.2, 0.25) is 0 Å². The first-order chi connectivity index (χ1) is 7.74. The third-order valence-electron chi connectivity index (χ3n) is 2.42. The fourth-order valence-corrected chi connectivity index (χ4v) is 1.27. The molecule has 0 heterocycles. The first-order valence-corrected chi connectivity index (χ1v) is 5.59. The third-order valence-corrected chi connectivity index (χ3v) is 2.42. The summed E-state index contributed by atoms with van der Waals surface area (Å²) in [5.74, 6) is -1.42. The second kappa shape index (κ2) is 7.06. The molecule has 0 amide bonds. The highest BCUT2D eigenvalue weighted by Gasteiger charge is 2.15. The molecule has 0 rings (SSSR count). The summed E-state index contributed by atoms with van der Waals surface area (Å²) in [5, 5.41) is 10.3. The Morgan fingerprint density at radius 1 is 1.29 bits per heavy atom. The van der Waals surface area contributed by atoms with E-state index in [1.54, 1.807) is 6.92 Å². The number of carbonyl (C=O) groups is 2. The third kappa shape index (κ3) is 8.45. The van der Waals surface area contributed by atoms with E-state index in [0.717, 1.165) is 0 Å². The summed E-state index contributed by atoms with van der Waals surface area (Å²) in [7, 11) is 3.92. The summed E-state index contributed by atoms with van der Waals surface area (Å²) in [4.78, 5) is 21.4. The fourth-order valence-electron chi connectivity index (χ4n) is 1.27. The van der Waals surface area contributed by atoms with Crippen molar-refractivity contribution in [3.8, 4) is 0 Å². The molecule has 0 unspecified atom stereocenters. The molecule has 98 valence electrons. The van der Waals surface area contributed by atoms with Gasteiger partial charge in [0.2, 0.25) is 0 Å². The second-order valence-electron chi connectivity index (χ2n) is 4.77. The monoisotopic (exact) mass is 243 g/mol. The van der Waals surface area contributed by atoms with Crippen LogP contribution in [0.1, 0.15) is 19.8 Å². The van der Waals surface area contributed by atoms with Gasteiger partial charge in [0.1, 0.15) is 13.2 Å². The predicted octanol–water partition coefficient (Wildman–Crippen LogP) is -0.288. The van der Waals surface area contributed by atoms with Gasteiger partial charge in [-0.1, -0.05) is 6.58 Å². The highest BCUT2D eigenvalue weighted by Crippen LogP contribution is 2.02. The number of carboxylic acid groups (broad SMARTS) is 1. The molecule has 0 N–H and O–H groups in total.